The summed E-state index contributed by atoms with van der Waals surface area (Å²) in [5, 5.41) is 6.07. The molecular formula is C18H26F2N2O4. The summed E-state index contributed by atoms with van der Waals surface area (Å²) in [4.78, 5) is 12.8. The van der Waals surface area contributed by atoms with Crippen LogP contribution < -0.4 is 20.1 Å². The van der Waals surface area contributed by atoms with E-state index in [4.69, 9.17) is 9.47 Å². The lowest BCUT2D eigenvalue weighted by molar-refractivity contribution is -0.136. The Hall–Kier alpha value is -1.93. The van der Waals surface area contributed by atoms with Gasteiger partial charge in [0.25, 0.3) is 0 Å². The third-order valence-electron chi connectivity index (χ3n) is 4.47. The number of halogens is 2. The van der Waals surface area contributed by atoms with Crippen LogP contribution in [0.5, 0.6) is 11.5 Å². The van der Waals surface area contributed by atoms with Crippen LogP contribution in [0, 0.1) is 5.41 Å². The zero-order valence-electron chi connectivity index (χ0n) is 15.1. The minimum absolute atomic E-state index is 0.0456. The molecule has 0 spiro atoms. The lowest BCUT2D eigenvalue weighted by atomic mass is 9.78. The number of para-hydroxylation sites is 1. The number of nitrogens with one attached hydrogen (secondary N) is 2. The molecule has 1 aromatic carbocycles. The normalized spacial score (nSPS) is 16.3. The fraction of sp³-hybridized carbons (Fsp3) is 0.611. The van der Waals surface area contributed by atoms with Gasteiger partial charge in [-0.15, -0.1) is 0 Å². The number of rotatable bonds is 9. The zero-order chi connectivity index (χ0) is 19.0. The summed E-state index contributed by atoms with van der Waals surface area (Å²) in [6.45, 7) is 0.953. The summed E-state index contributed by atoms with van der Waals surface area (Å²) in [6.07, 6.45) is 1.32. The van der Waals surface area contributed by atoms with Crippen LogP contribution in [-0.2, 0) is 16.1 Å². The molecule has 1 heterocycles. The van der Waals surface area contributed by atoms with Crippen LogP contribution >= 0.6 is 0 Å². The Balaban J connectivity index is 2.14. The van der Waals surface area contributed by atoms with E-state index in [1.807, 2.05) is 0 Å². The molecular weight excluding hydrogens is 346 g/mol. The molecule has 6 nitrogen and oxygen atoms in total. The monoisotopic (exact) mass is 372 g/mol. The second-order valence-corrected chi connectivity index (χ2v) is 6.20. The first-order chi connectivity index (χ1) is 12.5. The predicted octanol–water partition coefficient (Wildman–Crippen LogP) is 2.32. The lowest BCUT2D eigenvalue weighted by Gasteiger charge is -2.35. The Morgan fingerprint density at radius 2 is 2.08 bits per heavy atom. The topological polar surface area (TPSA) is 68.8 Å². The van der Waals surface area contributed by atoms with Crippen LogP contribution in [0.25, 0.3) is 0 Å². The fourth-order valence-electron chi connectivity index (χ4n) is 3.17. The van der Waals surface area contributed by atoms with Crippen molar-refractivity contribution in [1.82, 2.24) is 10.6 Å². The van der Waals surface area contributed by atoms with Gasteiger partial charge >= 0.3 is 6.61 Å². The van der Waals surface area contributed by atoms with Crippen molar-refractivity contribution >= 4 is 5.91 Å². The number of carbonyl (C=O) groups excluding carboxylic acids is 1. The highest BCUT2D eigenvalue weighted by molar-refractivity contribution is 5.83. The van der Waals surface area contributed by atoms with E-state index in [9.17, 15) is 13.6 Å². The minimum atomic E-state index is -2.98. The SMILES string of the molecule is CCOc1cccc(CNC(=O)C2(COC)CCNCC2)c1OC(F)F. The van der Waals surface area contributed by atoms with Gasteiger partial charge in [0.2, 0.25) is 5.91 Å². The molecule has 146 valence electrons. The van der Waals surface area contributed by atoms with E-state index in [1.54, 1.807) is 32.2 Å². The van der Waals surface area contributed by atoms with E-state index in [0.29, 0.717) is 31.6 Å². The summed E-state index contributed by atoms with van der Waals surface area (Å²) in [7, 11) is 1.57. The molecule has 26 heavy (non-hydrogen) atoms. The molecule has 0 radical (unpaired) electrons. The number of methoxy groups -OCH3 is 1. The van der Waals surface area contributed by atoms with Crippen molar-refractivity contribution in [3.05, 3.63) is 23.8 Å². The van der Waals surface area contributed by atoms with Gasteiger partial charge < -0.3 is 24.8 Å². The largest absolute Gasteiger partial charge is 0.490 e. The first kappa shape index (κ1) is 20.4. The Morgan fingerprint density at radius 3 is 2.69 bits per heavy atom. The summed E-state index contributed by atoms with van der Waals surface area (Å²) >= 11 is 0. The van der Waals surface area contributed by atoms with Gasteiger partial charge in [-0.3, -0.25) is 4.79 Å². The van der Waals surface area contributed by atoms with Crippen LogP contribution in [-0.4, -0.2) is 45.9 Å². The van der Waals surface area contributed by atoms with Gasteiger partial charge in [0, 0.05) is 19.2 Å². The van der Waals surface area contributed by atoms with Crippen molar-refractivity contribution in [2.24, 2.45) is 5.41 Å². The average molecular weight is 372 g/mol. The molecule has 1 fully saturated rings. The van der Waals surface area contributed by atoms with Gasteiger partial charge in [0.05, 0.1) is 18.6 Å². The second-order valence-electron chi connectivity index (χ2n) is 6.20. The Bertz CT molecular complexity index is 587. The average Bonchev–Trinajstić information content (AvgIpc) is 2.62. The quantitative estimate of drug-likeness (QED) is 0.696. The van der Waals surface area contributed by atoms with Crippen molar-refractivity contribution in [3.8, 4) is 11.5 Å². The third kappa shape index (κ3) is 5.04. The van der Waals surface area contributed by atoms with Crippen molar-refractivity contribution in [2.45, 2.75) is 32.9 Å². The standard InChI is InChI=1S/C18H26F2N2O4/c1-3-25-14-6-4-5-13(15(14)26-17(19)20)11-22-16(23)18(12-24-2)7-9-21-10-8-18/h4-6,17,21H,3,7-12H2,1-2H3,(H,22,23). The Labute approximate surface area is 152 Å². The van der Waals surface area contributed by atoms with E-state index in [1.165, 1.54) is 0 Å². The van der Waals surface area contributed by atoms with Crippen molar-refractivity contribution in [3.63, 3.8) is 0 Å². The molecule has 1 aromatic rings. The van der Waals surface area contributed by atoms with Gasteiger partial charge in [-0.1, -0.05) is 12.1 Å². The van der Waals surface area contributed by atoms with E-state index in [0.717, 1.165) is 13.1 Å². The first-order valence-electron chi connectivity index (χ1n) is 8.70. The van der Waals surface area contributed by atoms with Crippen LogP contribution in [0.4, 0.5) is 8.78 Å². The summed E-state index contributed by atoms with van der Waals surface area (Å²) < 4.78 is 40.8. The van der Waals surface area contributed by atoms with E-state index >= 15 is 0 Å². The van der Waals surface area contributed by atoms with Gasteiger partial charge in [0.1, 0.15) is 0 Å². The van der Waals surface area contributed by atoms with Gasteiger partial charge in [0.15, 0.2) is 11.5 Å². The van der Waals surface area contributed by atoms with Crippen molar-refractivity contribution in [2.75, 3.05) is 33.4 Å². The molecule has 0 aromatic heterocycles. The van der Waals surface area contributed by atoms with Crippen molar-refractivity contribution < 1.29 is 27.8 Å². The molecule has 1 amide bonds. The highest BCUT2D eigenvalue weighted by atomic mass is 19.3. The van der Waals surface area contributed by atoms with Gasteiger partial charge in [-0.2, -0.15) is 8.78 Å². The molecule has 1 aliphatic heterocycles. The second kappa shape index (κ2) is 9.68. The number of piperidine rings is 1. The molecule has 0 bridgehead atoms. The number of ether oxygens (including phenoxy) is 3. The number of amides is 1. The van der Waals surface area contributed by atoms with Crippen LogP contribution in [0.1, 0.15) is 25.3 Å². The molecule has 0 unspecified atom stereocenters. The molecule has 2 N–H and O–H groups in total. The van der Waals surface area contributed by atoms with E-state index in [2.05, 4.69) is 15.4 Å². The van der Waals surface area contributed by atoms with E-state index < -0.39 is 12.0 Å². The smallest absolute Gasteiger partial charge is 0.387 e. The molecule has 0 atom stereocenters. The number of hydrogen-bond donors (Lipinski definition) is 2. The highest BCUT2D eigenvalue weighted by Gasteiger charge is 2.39. The number of carbonyl (C=O) groups is 1. The summed E-state index contributed by atoms with van der Waals surface area (Å²) in [5.41, 5.74) is -0.174. The van der Waals surface area contributed by atoms with Crippen LogP contribution in [0.2, 0.25) is 0 Å². The molecule has 2 rings (SSSR count). The van der Waals surface area contributed by atoms with Crippen molar-refractivity contribution in [1.29, 1.82) is 0 Å². The van der Waals surface area contributed by atoms with E-state index in [-0.39, 0.29) is 24.0 Å². The lowest BCUT2D eigenvalue weighted by Crippen LogP contribution is -2.50. The number of hydrogen-bond acceptors (Lipinski definition) is 5. The van der Waals surface area contributed by atoms with Gasteiger partial charge in [-0.25, -0.2) is 0 Å². The summed E-state index contributed by atoms with van der Waals surface area (Å²) in [6, 6.07) is 4.87. The molecule has 8 heteroatoms. The molecule has 1 saturated heterocycles. The minimum Gasteiger partial charge on any atom is -0.490 e. The molecule has 0 saturated carbocycles. The Morgan fingerprint density at radius 1 is 1.35 bits per heavy atom. The maximum absolute atomic E-state index is 12.8. The third-order valence-corrected chi connectivity index (χ3v) is 4.47. The zero-order valence-corrected chi connectivity index (χ0v) is 15.1. The highest BCUT2D eigenvalue weighted by Crippen LogP contribution is 2.34. The molecule has 0 aliphatic carbocycles. The fourth-order valence-corrected chi connectivity index (χ4v) is 3.17. The predicted molar refractivity (Wildman–Crippen MR) is 92.5 cm³/mol. The molecule has 1 aliphatic rings. The van der Waals surface area contributed by atoms with Crippen LogP contribution in [0.15, 0.2) is 18.2 Å². The van der Waals surface area contributed by atoms with Gasteiger partial charge in [-0.05, 0) is 38.9 Å². The summed E-state index contributed by atoms with van der Waals surface area (Å²) in [5.74, 6) is 0.0365. The maximum Gasteiger partial charge on any atom is 0.387 e. The van der Waals surface area contributed by atoms with Crippen LogP contribution in [0.3, 0.4) is 0 Å². The Kier molecular flexibility index (Phi) is 7.59. The first-order valence-corrected chi connectivity index (χ1v) is 8.70. The number of alkyl halides is 2. The maximum atomic E-state index is 12.8. The number of benzene rings is 1.